The SMILES string of the molecule is CCc1cnc(C)cc1-c1cccc(C(=O)CC(=O)Nc2cc(C(F)(F)F)c(OCC(F)(F)F)cc2NC(=O)OC(C)(C)C)c1. The summed E-state index contributed by atoms with van der Waals surface area (Å²) in [5, 5.41) is 4.27. The zero-order valence-electron chi connectivity index (χ0n) is 25.0. The largest absolute Gasteiger partial charge is 0.483 e. The lowest BCUT2D eigenvalue weighted by Gasteiger charge is -2.22. The van der Waals surface area contributed by atoms with E-state index in [1.54, 1.807) is 24.4 Å². The van der Waals surface area contributed by atoms with Gasteiger partial charge in [0.2, 0.25) is 5.91 Å². The number of aromatic nitrogens is 1. The Morgan fingerprint density at radius 3 is 2.18 bits per heavy atom. The molecule has 45 heavy (non-hydrogen) atoms. The minimum Gasteiger partial charge on any atom is -0.483 e. The van der Waals surface area contributed by atoms with Crippen LogP contribution in [0.3, 0.4) is 0 Å². The van der Waals surface area contributed by atoms with Crippen LogP contribution in [0.4, 0.5) is 42.5 Å². The van der Waals surface area contributed by atoms with Gasteiger partial charge in [-0.15, -0.1) is 0 Å². The standard InChI is InChI=1S/C31H31F6N3O5/c1-6-18-15-38-17(2)10-21(18)19-8-7-9-20(11-19)25(41)14-27(42)39-23-12-22(31(35,36)37)26(44-16-30(32,33)34)13-24(23)40-28(43)45-29(3,4)5/h7-13,15H,6,14,16H2,1-5H3,(H,39,42)(H,40,43). The monoisotopic (exact) mass is 639 g/mol. The molecule has 0 saturated heterocycles. The molecule has 1 aromatic heterocycles. The van der Waals surface area contributed by atoms with Crippen LogP contribution in [-0.4, -0.2) is 41.2 Å². The highest BCUT2D eigenvalue weighted by molar-refractivity contribution is 6.12. The number of carbonyl (C=O) groups is 3. The third-order valence-corrected chi connectivity index (χ3v) is 6.05. The number of alkyl halides is 6. The van der Waals surface area contributed by atoms with Gasteiger partial charge < -0.3 is 14.8 Å². The topological polar surface area (TPSA) is 107 Å². The molecule has 242 valence electrons. The molecular formula is C31H31F6N3O5. The molecule has 0 bridgehead atoms. The summed E-state index contributed by atoms with van der Waals surface area (Å²) >= 11 is 0. The molecule has 2 aromatic carbocycles. The number of Topliss-reactive ketones (excluding diaryl/α,β-unsaturated/α-hetero) is 1. The number of rotatable bonds is 9. The summed E-state index contributed by atoms with van der Waals surface area (Å²) in [6, 6.07) is 9.10. The molecule has 8 nitrogen and oxygen atoms in total. The second kappa shape index (κ2) is 13.6. The smallest absolute Gasteiger partial charge is 0.422 e. The summed E-state index contributed by atoms with van der Waals surface area (Å²) in [7, 11) is 0. The van der Waals surface area contributed by atoms with Crippen molar-refractivity contribution >= 4 is 29.2 Å². The van der Waals surface area contributed by atoms with E-state index in [1.165, 1.54) is 26.8 Å². The van der Waals surface area contributed by atoms with Crippen LogP contribution in [0, 0.1) is 6.92 Å². The van der Waals surface area contributed by atoms with Crippen molar-refractivity contribution in [2.75, 3.05) is 17.2 Å². The zero-order valence-corrected chi connectivity index (χ0v) is 25.0. The number of ether oxygens (including phenoxy) is 2. The predicted octanol–water partition coefficient (Wildman–Crippen LogP) is 8.14. The number of benzene rings is 2. The molecule has 0 fully saturated rings. The van der Waals surface area contributed by atoms with Crippen molar-refractivity contribution < 1.29 is 50.2 Å². The zero-order chi connectivity index (χ0) is 33.7. The van der Waals surface area contributed by atoms with Gasteiger partial charge in [-0.25, -0.2) is 4.79 Å². The van der Waals surface area contributed by atoms with Gasteiger partial charge in [0.1, 0.15) is 11.4 Å². The Bertz CT molecular complexity index is 1580. The van der Waals surface area contributed by atoms with E-state index in [0.29, 0.717) is 24.1 Å². The van der Waals surface area contributed by atoms with E-state index in [4.69, 9.17) is 4.74 Å². The first-order valence-corrected chi connectivity index (χ1v) is 13.6. The van der Waals surface area contributed by atoms with E-state index in [2.05, 4.69) is 20.4 Å². The van der Waals surface area contributed by atoms with Gasteiger partial charge >= 0.3 is 18.4 Å². The van der Waals surface area contributed by atoms with Crippen molar-refractivity contribution in [3.05, 3.63) is 71.0 Å². The van der Waals surface area contributed by atoms with Crippen LogP contribution in [0.15, 0.2) is 48.7 Å². The summed E-state index contributed by atoms with van der Waals surface area (Å²) < 4.78 is 89.3. The van der Waals surface area contributed by atoms with E-state index in [-0.39, 0.29) is 5.56 Å². The van der Waals surface area contributed by atoms with Gasteiger partial charge in [0.15, 0.2) is 12.4 Å². The van der Waals surface area contributed by atoms with Gasteiger partial charge in [0.05, 0.1) is 23.4 Å². The van der Waals surface area contributed by atoms with Crippen molar-refractivity contribution in [3.63, 3.8) is 0 Å². The molecule has 0 atom stereocenters. The first-order chi connectivity index (χ1) is 20.8. The maximum absolute atomic E-state index is 13.8. The van der Waals surface area contributed by atoms with Gasteiger partial charge in [-0.1, -0.05) is 25.1 Å². The minimum absolute atomic E-state index is 0.151. The Balaban J connectivity index is 1.94. The quantitative estimate of drug-likeness (QED) is 0.139. The molecule has 2 amide bonds. The number of aryl methyl sites for hydroxylation is 2. The highest BCUT2D eigenvalue weighted by atomic mass is 19.4. The molecule has 3 aromatic rings. The maximum atomic E-state index is 13.8. The van der Waals surface area contributed by atoms with Crippen molar-refractivity contribution in [2.45, 2.75) is 65.4 Å². The van der Waals surface area contributed by atoms with Gasteiger partial charge in [-0.3, -0.25) is 19.9 Å². The van der Waals surface area contributed by atoms with E-state index in [9.17, 15) is 40.7 Å². The lowest BCUT2D eigenvalue weighted by atomic mass is 9.96. The summed E-state index contributed by atoms with van der Waals surface area (Å²) in [5.74, 6) is -2.97. The first-order valence-electron chi connectivity index (χ1n) is 13.6. The van der Waals surface area contributed by atoms with Crippen LogP contribution in [0.5, 0.6) is 5.75 Å². The summed E-state index contributed by atoms with van der Waals surface area (Å²) in [4.78, 5) is 42.7. The Kier molecular flexibility index (Phi) is 10.5. The van der Waals surface area contributed by atoms with Gasteiger partial charge in [-0.05, 0) is 69.0 Å². The number of anilines is 2. The summed E-state index contributed by atoms with van der Waals surface area (Å²) in [6.45, 7) is 6.20. The number of nitrogens with zero attached hydrogens (tertiary/aromatic N) is 1. The number of nitrogens with one attached hydrogen (secondary N) is 2. The third kappa shape index (κ3) is 10.2. The Hall–Kier alpha value is -4.62. The summed E-state index contributed by atoms with van der Waals surface area (Å²) in [5.41, 5.74) is -0.558. The number of carbonyl (C=O) groups excluding carboxylic acids is 3. The second-order valence-electron chi connectivity index (χ2n) is 11.0. The number of hydrogen-bond donors (Lipinski definition) is 2. The van der Waals surface area contributed by atoms with Crippen LogP contribution in [-0.2, 0) is 22.1 Å². The number of ketones is 1. The molecule has 3 rings (SSSR count). The molecule has 0 radical (unpaired) electrons. The third-order valence-electron chi connectivity index (χ3n) is 6.05. The summed E-state index contributed by atoms with van der Waals surface area (Å²) in [6.07, 6.45) is -9.78. The van der Waals surface area contributed by atoms with Crippen molar-refractivity contribution in [2.24, 2.45) is 0 Å². The fourth-order valence-corrected chi connectivity index (χ4v) is 4.14. The Morgan fingerprint density at radius 1 is 0.911 bits per heavy atom. The van der Waals surface area contributed by atoms with E-state index in [1.807, 2.05) is 19.9 Å². The lowest BCUT2D eigenvalue weighted by Crippen LogP contribution is -2.28. The van der Waals surface area contributed by atoms with Crippen LogP contribution in [0.25, 0.3) is 11.1 Å². The highest BCUT2D eigenvalue weighted by Gasteiger charge is 2.38. The fourth-order valence-electron chi connectivity index (χ4n) is 4.14. The molecule has 0 saturated carbocycles. The number of pyridine rings is 1. The molecular weight excluding hydrogens is 608 g/mol. The van der Waals surface area contributed by atoms with Crippen LogP contribution in [0.1, 0.15) is 61.3 Å². The fraction of sp³-hybridized carbons (Fsp3) is 0.355. The highest BCUT2D eigenvalue weighted by Crippen LogP contribution is 2.42. The van der Waals surface area contributed by atoms with E-state index >= 15 is 0 Å². The van der Waals surface area contributed by atoms with Gasteiger partial charge in [0, 0.05) is 23.5 Å². The van der Waals surface area contributed by atoms with Crippen molar-refractivity contribution in [1.29, 1.82) is 0 Å². The molecule has 2 N–H and O–H groups in total. The Morgan fingerprint density at radius 2 is 1.58 bits per heavy atom. The first kappa shape index (κ1) is 34.9. The molecule has 0 aliphatic carbocycles. The lowest BCUT2D eigenvalue weighted by molar-refractivity contribution is -0.158. The Labute approximate surface area is 255 Å². The molecule has 0 unspecified atom stereocenters. The molecule has 0 spiro atoms. The van der Waals surface area contributed by atoms with Crippen molar-refractivity contribution in [3.8, 4) is 16.9 Å². The number of amides is 2. The molecule has 0 aliphatic rings. The van der Waals surface area contributed by atoms with E-state index in [0.717, 1.165) is 16.8 Å². The number of halogens is 6. The average Bonchev–Trinajstić information content (AvgIpc) is 2.90. The second-order valence-corrected chi connectivity index (χ2v) is 11.0. The molecule has 14 heteroatoms. The van der Waals surface area contributed by atoms with Gasteiger partial charge in [0.25, 0.3) is 0 Å². The average molecular weight is 640 g/mol. The minimum atomic E-state index is -5.22. The van der Waals surface area contributed by atoms with Crippen LogP contribution >= 0.6 is 0 Å². The van der Waals surface area contributed by atoms with Gasteiger partial charge in [-0.2, -0.15) is 26.3 Å². The number of hydrogen-bond acceptors (Lipinski definition) is 6. The maximum Gasteiger partial charge on any atom is 0.422 e. The van der Waals surface area contributed by atoms with Crippen LogP contribution in [0.2, 0.25) is 0 Å². The molecule has 1 heterocycles. The van der Waals surface area contributed by atoms with Crippen molar-refractivity contribution in [1.82, 2.24) is 4.98 Å². The molecule has 0 aliphatic heterocycles. The normalized spacial score (nSPS) is 12.0. The predicted molar refractivity (Wildman–Crippen MR) is 154 cm³/mol. The van der Waals surface area contributed by atoms with Crippen LogP contribution < -0.4 is 15.4 Å². The van der Waals surface area contributed by atoms with E-state index < -0.39 is 71.5 Å².